The first-order chi connectivity index (χ1) is 11.6. The third kappa shape index (κ3) is 2.37. The molecule has 3 aromatic rings. The molecule has 0 unspecified atom stereocenters. The molecule has 2 aromatic heterocycles. The van der Waals surface area contributed by atoms with Crippen LogP contribution in [0.15, 0.2) is 42.2 Å². The fraction of sp³-hybridized carbons (Fsp3) is 0.125. The van der Waals surface area contributed by atoms with E-state index in [2.05, 4.69) is 26.5 Å². The maximum Gasteiger partial charge on any atom is 0.335 e. The zero-order valence-electron chi connectivity index (χ0n) is 12.7. The zero-order valence-corrected chi connectivity index (χ0v) is 13.5. The average Bonchev–Trinajstić information content (AvgIpc) is 3.22. The molecule has 0 saturated heterocycles. The van der Waals surface area contributed by atoms with E-state index in [1.165, 1.54) is 6.33 Å². The van der Waals surface area contributed by atoms with Gasteiger partial charge in [-0.25, -0.2) is 14.5 Å². The molecule has 0 saturated carbocycles. The minimum absolute atomic E-state index is 0.164. The first-order valence-electron chi connectivity index (χ1n) is 7.25. The van der Waals surface area contributed by atoms with Crippen molar-refractivity contribution in [3.05, 3.63) is 63.9 Å². The molecule has 24 heavy (non-hydrogen) atoms. The number of aromatic carboxylic acids is 1. The zero-order chi connectivity index (χ0) is 16.7. The smallest absolute Gasteiger partial charge is 0.335 e. The first kappa shape index (κ1) is 14.6. The number of aryl methyl sites for hydroxylation is 1. The maximum absolute atomic E-state index is 11.0. The summed E-state index contributed by atoms with van der Waals surface area (Å²) in [5.41, 5.74) is 4.89. The highest BCUT2D eigenvalue weighted by Crippen LogP contribution is 2.34. The summed E-state index contributed by atoms with van der Waals surface area (Å²) >= 11 is 1.56. The lowest BCUT2D eigenvalue weighted by molar-refractivity contribution is 0.0697. The lowest BCUT2D eigenvalue weighted by atomic mass is 10.0. The van der Waals surface area contributed by atoms with E-state index in [4.69, 9.17) is 5.11 Å². The van der Waals surface area contributed by atoms with Crippen molar-refractivity contribution in [2.75, 3.05) is 5.32 Å². The number of carboxylic acid groups (broad SMARTS) is 1. The molecule has 0 bridgehead atoms. The van der Waals surface area contributed by atoms with Gasteiger partial charge >= 0.3 is 5.97 Å². The van der Waals surface area contributed by atoms with Crippen LogP contribution in [0.2, 0.25) is 0 Å². The quantitative estimate of drug-likeness (QED) is 0.762. The highest BCUT2D eigenvalue weighted by Gasteiger charge is 2.24. The van der Waals surface area contributed by atoms with Crippen LogP contribution in [0.25, 0.3) is 5.70 Å². The van der Waals surface area contributed by atoms with E-state index < -0.39 is 5.97 Å². The Hall–Kier alpha value is -3.00. The molecule has 2 N–H and O–H groups in total. The molecule has 0 aliphatic carbocycles. The molecular formula is C16H13N5O2S. The predicted molar refractivity (Wildman–Crippen MR) is 90.0 cm³/mol. The Bertz CT molecular complexity index is 942. The van der Waals surface area contributed by atoms with Gasteiger partial charge in [-0.05, 0) is 30.7 Å². The molecule has 0 amide bonds. The van der Waals surface area contributed by atoms with Crippen LogP contribution in [0.5, 0.6) is 0 Å². The minimum atomic E-state index is -0.940. The fourth-order valence-electron chi connectivity index (χ4n) is 2.69. The van der Waals surface area contributed by atoms with E-state index in [-0.39, 0.29) is 11.6 Å². The van der Waals surface area contributed by atoms with Gasteiger partial charge in [0.2, 0.25) is 5.95 Å². The van der Waals surface area contributed by atoms with Gasteiger partial charge in [0.05, 0.1) is 27.3 Å². The summed E-state index contributed by atoms with van der Waals surface area (Å²) in [6.45, 7) is 1.96. The van der Waals surface area contributed by atoms with Crippen molar-refractivity contribution in [1.82, 2.24) is 19.7 Å². The number of carbonyl (C=O) groups is 1. The fourth-order valence-corrected chi connectivity index (χ4v) is 3.47. The summed E-state index contributed by atoms with van der Waals surface area (Å²) < 4.78 is 1.77. The molecule has 1 atom stereocenters. The number of hydrogen-bond acceptors (Lipinski definition) is 6. The van der Waals surface area contributed by atoms with Gasteiger partial charge in [0.25, 0.3) is 0 Å². The summed E-state index contributed by atoms with van der Waals surface area (Å²) in [4.78, 5) is 20.6. The molecule has 1 aromatic carbocycles. The number of thiazole rings is 1. The number of rotatable bonds is 3. The van der Waals surface area contributed by atoms with Gasteiger partial charge in [-0.3, -0.25) is 0 Å². The second-order valence-corrected chi connectivity index (χ2v) is 6.23. The maximum atomic E-state index is 11.0. The molecule has 0 fully saturated rings. The van der Waals surface area contributed by atoms with E-state index in [0.29, 0.717) is 5.95 Å². The van der Waals surface area contributed by atoms with E-state index in [1.807, 2.05) is 12.4 Å². The van der Waals surface area contributed by atoms with E-state index in [9.17, 15) is 4.79 Å². The Labute approximate surface area is 141 Å². The van der Waals surface area contributed by atoms with Gasteiger partial charge in [0.1, 0.15) is 12.4 Å². The monoisotopic (exact) mass is 339 g/mol. The molecule has 0 spiro atoms. The molecular weight excluding hydrogens is 326 g/mol. The highest BCUT2D eigenvalue weighted by molar-refractivity contribution is 7.11. The van der Waals surface area contributed by atoms with Crippen LogP contribution in [0.1, 0.15) is 32.5 Å². The number of anilines is 1. The summed E-state index contributed by atoms with van der Waals surface area (Å²) in [7, 11) is 0. The number of allylic oxidation sites excluding steroid dienone is 1. The van der Waals surface area contributed by atoms with E-state index in [1.54, 1.807) is 40.3 Å². The van der Waals surface area contributed by atoms with Crippen LogP contribution in [-0.2, 0) is 0 Å². The Morgan fingerprint density at radius 2 is 2.08 bits per heavy atom. The van der Waals surface area contributed by atoms with Gasteiger partial charge in [-0.1, -0.05) is 12.1 Å². The lowest BCUT2D eigenvalue weighted by Gasteiger charge is -2.24. The molecule has 1 aliphatic heterocycles. The Kier molecular flexibility index (Phi) is 3.39. The summed E-state index contributed by atoms with van der Waals surface area (Å²) in [6, 6.07) is 6.64. The van der Waals surface area contributed by atoms with Gasteiger partial charge in [0, 0.05) is 0 Å². The number of fused-ring (bicyclic) bond motifs is 1. The van der Waals surface area contributed by atoms with E-state index >= 15 is 0 Å². The number of carboxylic acids is 1. The summed E-state index contributed by atoms with van der Waals surface area (Å²) in [6.07, 6.45) is 3.55. The first-order valence-corrected chi connectivity index (χ1v) is 8.13. The third-order valence-corrected chi connectivity index (χ3v) is 4.86. The number of benzene rings is 1. The van der Waals surface area contributed by atoms with Gasteiger partial charge in [-0.15, -0.1) is 11.3 Å². The molecule has 0 radical (unpaired) electrons. The molecule has 120 valence electrons. The molecule has 7 nitrogen and oxygen atoms in total. The van der Waals surface area contributed by atoms with Crippen molar-refractivity contribution in [3.63, 3.8) is 0 Å². The van der Waals surface area contributed by atoms with Gasteiger partial charge in [0.15, 0.2) is 0 Å². The SMILES string of the molecule is Cc1ncsc1C1=C[C@@H](c2ccc(C(=O)O)cc2)n2ncnc2N1. The van der Waals surface area contributed by atoms with E-state index in [0.717, 1.165) is 21.8 Å². The number of nitrogens with one attached hydrogen (secondary N) is 1. The van der Waals surface area contributed by atoms with Crippen LogP contribution in [0.4, 0.5) is 5.95 Å². The summed E-state index contributed by atoms with van der Waals surface area (Å²) in [5.74, 6) is -0.294. The minimum Gasteiger partial charge on any atom is -0.478 e. The van der Waals surface area contributed by atoms with Crippen molar-refractivity contribution in [3.8, 4) is 0 Å². The molecule has 3 heterocycles. The Balaban J connectivity index is 1.79. The Morgan fingerprint density at radius 3 is 2.75 bits per heavy atom. The second kappa shape index (κ2) is 5.57. The number of nitrogens with zero attached hydrogens (tertiary/aromatic N) is 4. The predicted octanol–water partition coefficient (Wildman–Crippen LogP) is 2.80. The highest BCUT2D eigenvalue weighted by atomic mass is 32.1. The largest absolute Gasteiger partial charge is 0.478 e. The number of aromatic nitrogens is 4. The van der Waals surface area contributed by atoms with Crippen LogP contribution in [0.3, 0.4) is 0 Å². The second-order valence-electron chi connectivity index (χ2n) is 5.37. The van der Waals surface area contributed by atoms with Crippen LogP contribution in [0, 0.1) is 6.92 Å². The topological polar surface area (TPSA) is 92.9 Å². The summed E-state index contributed by atoms with van der Waals surface area (Å²) in [5, 5.41) is 16.6. The van der Waals surface area contributed by atoms with Crippen molar-refractivity contribution < 1.29 is 9.90 Å². The molecule has 1 aliphatic rings. The molecule has 4 rings (SSSR count). The molecule has 8 heteroatoms. The van der Waals surface area contributed by atoms with Gasteiger partial charge in [-0.2, -0.15) is 10.1 Å². The lowest BCUT2D eigenvalue weighted by Crippen LogP contribution is -2.20. The Morgan fingerprint density at radius 1 is 1.29 bits per heavy atom. The standard InChI is InChI=1S/C16H13N5O2S/c1-9-14(24-8-18-9)12-6-13(21-16(20-12)17-7-19-21)10-2-4-11(5-3-10)15(22)23/h2-8,13H,1H3,(H,22,23)(H,17,19,20)/t13-/m0/s1. The van der Waals surface area contributed by atoms with Crippen LogP contribution < -0.4 is 5.32 Å². The number of hydrogen-bond donors (Lipinski definition) is 2. The van der Waals surface area contributed by atoms with Crippen molar-refractivity contribution in [2.24, 2.45) is 0 Å². The van der Waals surface area contributed by atoms with Crippen molar-refractivity contribution >= 4 is 29.0 Å². The third-order valence-electron chi connectivity index (χ3n) is 3.90. The van der Waals surface area contributed by atoms with Crippen molar-refractivity contribution in [1.29, 1.82) is 0 Å². The average molecular weight is 339 g/mol. The van der Waals surface area contributed by atoms with Gasteiger partial charge < -0.3 is 10.4 Å². The van der Waals surface area contributed by atoms with Crippen LogP contribution >= 0.6 is 11.3 Å². The van der Waals surface area contributed by atoms with Crippen LogP contribution in [-0.4, -0.2) is 30.8 Å². The van der Waals surface area contributed by atoms with Crippen molar-refractivity contribution in [2.45, 2.75) is 13.0 Å². The normalized spacial score (nSPS) is 16.2.